The van der Waals surface area contributed by atoms with Gasteiger partial charge in [-0.2, -0.15) is 8.42 Å². The van der Waals surface area contributed by atoms with Crippen molar-refractivity contribution in [3.8, 4) is 0 Å². The van der Waals surface area contributed by atoms with Crippen molar-refractivity contribution >= 4 is 16.2 Å². The third-order valence-corrected chi connectivity index (χ3v) is 2.46. The van der Waals surface area contributed by atoms with E-state index in [0.717, 1.165) is 6.26 Å². The summed E-state index contributed by atoms with van der Waals surface area (Å²) >= 11 is 0. The SMILES string of the molecule is CC(C)(C)OC(=O)NCCCOCCCOS(C)(=O)=O. The van der Waals surface area contributed by atoms with Crippen molar-refractivity contribution in [1.82, 2.24) is 5.32 Å². The van der Waals surface area contributed by atoms with Gasteiger partial charge in [-0.25, -0.2) is 4.79 Å². The molecule has 0 heterocycles. The molecular weight excluding hydrogens is 286 g/mol. The molecule has 0 saturated heterocycles. The zero-order valence-corrected chi connectivity index (χ0v) is 13.4. The number of hydrogen-bond acceptors (Lipinski definition) is 6. The van der Waals surface area contributed by atoms with Gasteiger partial charge in [0.15, 0.2) is 0 Å². The van der Waals surface area contributed by atoms with Crippen molar-refractivity contribution in [3.05, 3.63) is 0 Å². The van der Waals surface area contributed by atoms with Crippen LogP contribution in [0.1, 0.15) is 33.6 Å². The quantitative estimate of drug-likeness (QED) is 0.509. The molecule has 0 bridgehead atoms. The Kier molecular flexibility index (Phi) is 8.75. The maximum absolute atomic E-state index is 11.3. The van der Waals surface area contributed by atoms with Crippen LogP contribution in [-0.2, 0) is 23.8 Å². The van der Waals surface area contributed by atoms with Crippen LogP contribution in [0.2, 0.25) is 0 Å². The van der Waals surface area contributed by atoms with Gasteiger partial charge in [-0.1, -0.05) is 0 Å². The first-order chi connectivity index (χ1) is 9.10. The summed E-state index contributed by atoms with van der Waals surface area (Å²) in [7, 11) is -3.37. The van der Waals surface area contributed by atoms with Gasteiger partial charge in [0, 0.05) is 19.8 Å². The first kappa shape index (κ1) is 19.1. The zero-order valence-electron chi connectivity index (χ0n) is 12.6. The fourth-order valence-corrected chi connectivity index (χ4v) is 1.57. The van der Waals surface area contributed by atoms with Crippen LogP contribution in [0, 0.1) is 0 Å². The molecule has 7 nitrogen and oxygen atoms in total. The number of alkyl carbamates (subject to hydrolysis) is 1. The highest BCUT2D eigenvalue weighted by molar-refractivity contribution is 7.85. The topological polar surface area (TPSA) is 90.9 Å². The van der Waals surface area contributed by atoms with E-state index in [2.05, 4.69) is 9.50 Å². The van der Waals surface area contributed by atoms with Crippen molar-refractivity contribution in [1.29, 1.82) is 0 Å². The van der Waals surface area contributed by atoms with Crippen LogP contribution in [0.25, 0.3) is 0 Å². The van der Waals surface area contributed by atoms with Gasteiger partial charge in [0.2, 0.25) is 0 Å². The summed E-state index contributed by atoms with van der Waals surface area (Å²) in [6, 6.07) is 0. The number of rotatable bonds is 9. The van der Waals surface area contributed by atoms with E-state index in [1.165, 1.54) is 0 Å². The van der Waals surface area contributed by atoms with Crippen molar-refractivity contribution in [3.63, 3.8) is 0 Å². The molecule has 0 aliphatic heterocycles. The Labute approximate surface area is 121 Å². The number of carbonyl (C=O) groups excluding carboxylic acids is 1. The molecule has 0 aliphatic carbocycles. The zero-order chi connectivity index (χ0) is 15.6. The maximum Gasteiger partial charge on any atom is 0.407 e. The Bertz CT molecular complexity index is 374. The monoisotopic (exact) mass is 311 g/mol. The molecule has 20 heavy (non-hydrogen) atoms. The summed E-state index contributed by atoms with van der Waals surface area (Å²) in [4.78, 5) is 11.3. The molecular formula is C12H25NO6S. The molecule has 0 spiro atoms. The van der Waals surface area contributed by atoms with E-state index in [-0.39, 0.29) is 6.61 Å². The molecule has 0 atom stereocenters. The van der Waals surface area contributed by atoms with Crippen LogP contribution in [0.5, 0.6) is 0 Å². The molecule has 0 radical (unpaired) electrons. The van der Waals surface area contributed by atoms with Crippen LogP contribution >= 0.6 is 0 Å². The molecule has 0 aliphatic rings. The lowest BCUT2D eigenvalue weighted by Gasteiger charge is -2.19. The smallest absolute Gasteiger partial charge is 0.407 e. The molecule has 1 N–H and O–H groups in total. The molecule has 0 saturated carbocycles. The Morgan fingerprint density at radius 2 is 1.70 bits per heavy atom. The van der Waals surface area contributed by atoms with Gasteiger partial charge in [-0.3, -0.25) is 4.18 Å². The van der Waals surface area contributed by atoms with Gasteiger partial charge in [0.25, 0.3) is 10.1 Å². The highest BCUT2D eigenvalue weighted by atomic mass is 32.2. The van der Waals surface area contributed by atoms with Gasteiger partial charge in [-0.15, -0.1) is 0 Å². The molecule has 0 aromatic rings. The number of nitrogens with one attached hydrogen (secondary N) is 1. The third kappa shape index (κ3) is 15.2. The standard InChI is InChI=1S/C12H25NO6S/c1-12(2,3)19-11(14)13-7-5-8-17-9-6-10-18-20(4,15)16/h5-10H2,1-4H3,(H,13,14). The minimum atomic E-state index is -3.37. The summed E-state index contributed by atoms with van der Waals surface area (Å²) < 4.78 is 36.2. The van der Waals surface area contributed by atoms with Gasteiger partial charge in [0.1, 0.15) is 5.60 Å². The second kappa shape index (κ2) is 9.15. The Morgan fingerprint density at radius 1 is 1.10 bits per heavy atom. The number of hydrogen-bond donors (Lipinski definition) is 1. The van der Waals surface area contributed by atoms with Crippen LogP contribution in [0.15, 0.2) is 0 Å². The Morgan fingerprint density at radius 3 is 2.25 bits per heavy atom. The van der Waals surface area contributed by atoms with E-state index in [4.69, 9.17) is 9.47 Å². The molecule has 0 rings (SSSR count). The van der Waals surface area contributed by atoms with Crippen molar-refractivity contribution in [2.24, 2.45) is 0 Å². The predicted molar refractivity (Wildman–Crippen MR) is 75.1 cm³/mol. The van der Waals surface area contributed by atoms with E-state index in [0.29, 0.717) is 32.6 Å². The first-order valence-corrected chi connectivity index (χ1v) is 8.31. The molecule has 120 valence electrons. The second-order valence-electron chi connectivity index (χ2n) is 5.27. The largest absolute Gasteiger partial charge is 0.444 e. The summed E-state index contributed by atoms with van der Waals surface area (Å²) in [6.45, 7) is 6.89. The third-order valence-electron chi connectivity index (χ3n) is 1.86. The fraction of sp³-hybridized carbons (Fsp3) is 0.917. The van der Waals surface area contributed by atoms with Crippen LogP contribution in [-0.4, -0.2) is 52.7 Å². The van der Waals surface area contributed by atoms with Gasteiger partial charge >= 0.3 is 6.09 Å². The van der Waals surface area contributed by atoms with Gasteiger partial charge < -0.3 is 14.8 Å². The average Bonchev–Trinajstić information content (AvgIpc) is 2.22. The highest BCUT2D eigenvalue weighted by Crippen LogP contribution is 2.06. The number of amides is 1. The lowest BCUT2D eigenvalue weighted by molar-refractivity contribution is 0.0519. The van der Waals surface area contributed by atoms with Crippen LogP contribution in [0.4, 0.5) is 4.79 Å². The van der Waals surface area contributed by atoms with Crippen molar-refractivity contribution < 1.29 is 26.9 Å². The molecule has 0 unspecified atom stereocenters. The summed E-state index contributed by atoms with van der Waals surface area (Å²) in [5.74, 6) is 0. The van der Waals surface area contributed by atoms with Crippen LogP contribution in [0.3, 0.4) is 0 Å². The lowest BCUT2D eigenvalue weighted by atomic mass is 10.2. The van der Waals surface area contributed by atoms with E-state index < -0.39 is 21.8 Å². The van der Waals surface area contributed by atoms with E-state index in [1.54, 1.807) is 20.8 Å². The normalized spacial score (nSPS) is 12.2. The molecule has 0 aromatic heterocycles. The van der Waals surface area contributed by atoms with Gasteiger partial charge in [0.05, 0.1) is 12.9 Å². The second-order valence-corrected chi connectivity index (χ2v) is 6.92. The van der Waals surface area contributed by atoms with Crippen molar-refractivity contribution in [2.75, 3.05) is 32.6 Å². The van der Waals surface area contributed by atoms with E-state index in [1.807, 2.05) is 0 Å². The minimum absolute atomic E-state index is 0.120. The van der Waals surface area contributed by atoms with Gasteiger partial charge in [-0.05, 0) is 33.6 Å². The fourth-order valence-electron chi connectivity index (χ4n) is 1.15. The average molecular weight is 311 g/mol. The molecule has 8 heteroatoms. The number of ether oxygens (including phenoxy) is 2. The number of carbonyl (C=O) groups is 1. The summed E-state index contributed by atoms with van der Waals surface area (Å²) in [5.41, 5.74) is -0.500. The molecule has 1 amide bonds. The molecule has 0 fully saturated rings. The summed E-state index contributed by atoms with van der Waals surface area (Å²) in [5, 5.41) is 2.62. The highest BCUT2D eigenvalue weighted by Gasteiger charge is 2.15. The Balaban J connectivity index is 3.35. The maximum atomic E-state index is 11.3. The first-order valence-electron chi connectivity index (χ1n) is 6.49. The van der Waals surface area contributed by atoms with Crippen LogP contribution < -0.4 is 5.32 Å². The Hall–Kier alpha value is -0.860. The van der Waals surface area contributed by atoms with E-state index >= 15 is 0 Å². The van der Waals surface area contributed by atoms with Crippen molar-refractivity contribution in [2.45, 2.75) is 39.2 Å². The molecule has 0 aromatic carbocycles. The minimum Gasteiger partial charge on any atom is -0.444 e. The summed E-state index contributed by atoms with van der Waals surface area (Å²) in [6.07, 6.45) is 1.73. The van der Waals surface area contributed by atoms with E-state index in [9.17, 15) is 13.2 Å². The predicted octanol–water partition coefficient (Wildman–Crippen LogP) is 1.28. The lowest BCUT2D eigenvalue weighted by Crippen LogP contribution is -2.33.